The Morgan fingerprint density at radius 2 is 1.92 bits per heavy atom. The standard InChI is InChI=1S/C20H28N4O/c1-15-22-18(7-10-21)14-20(23-15)24-11-8-17(9-12-24)19(25)13-16-5-3-2-4-6-16/h2-6,14,17,19,25H,7-13,21H2,1H3/t19-/m1/s1. The van der Waals surface area contributed by atoms with Crippen LogP contribution in [0.1, 0.15) is 29.9 Å². The maximum atomic E-state index is 10.6. The monoisotopic (exact) mass is 340 g/mol. The molecule has 2 aromatic rings. The molecule has 1 aromatic heterocycles. The van der Waals surface area contributed by atoms with Crippen molar-refractivity contribution in [1.82, 2.24) is 9.97 Å². The highest BCUT2D eigenvalue weighted by Gasteiger charge is 2.26. The normalized spacial score (nSPS) is 16.8. The Hall–Kier alpha value is -1.98. The summed E-state index contributed by atoms with van der Waals surface area (Å²) in [6.45, 7) is 4.38. The lowest BCUT2D eigenvalue weighted by Crippen LogP contribution is -2.39. The summed E-state index contributed by atoms with van der Waals surface area (Å²) in [6.07, 6.45) is 3.22. The lowest BCUT2D eigenvalue weighted by atomic mass is 9.88. The predicted octanol–water partition coefficient (Wildman–Crippen LogP) is 2.11. The fourth-order valence-electron chi connectivity index (χ4n) is 3.59. The van der Waals surface area contributed by atoms with Crippen LogP contribution in [-0.2, 0) is 12.8 Å². The van der Waals surface area contributed by atoms with Gasteiger partial charge in [-0.2, -0.15) is 0 Å². The van der Waals surface area contributed by atoms with E-state index >= 15 is 0 Å². The fourth-order valence-corrected chi connectivity index (χ4v) is 3.59. The summed E-state index contributed by atoms with van der Waals surface area (Å²) in [4.78, 5) is 11.3. The number of aliphatic hydroxyl groups excluding tert-OH is 1. The molecule has 3 rings (SSSR count). The first-order valence-electron chi connectivity index (χ1n) is 9.17. The number of piperidine rings is 1. The second-order valence-electron chi connectivity index (χ2n) is 6.88. The van der Waals surface area contributed by atoms with Gasteiger partial charge in [-0.15, -0.1) is 0 Å². The topological polar surface area (TPSA) is 75.3 Å². The maximum Gasteiger partial charge on any atom is 0.132 e. The molecule has 134 valence electrons. The van der Waals surface area contributed by atoms with Gasteiger partial charge in [0.25, 0.3) is 0 Å². The molecule has 5 heteroatoms. The van der Waals surface area contributed by atoms with Gasteiger partial charge in [0.15, 0.2) is 0 Å². The Bertz CT molecular complexity index is 669. The third kappa shape index (κ3) is 4.77. The number of anilines is 1. The van der Waals surface area contributed by atoms with Gasteiger partial charge >= 0.3 is 0 Å². The summed E-state index contributed by atoms with van der Waals surface area (Å²) in [5.41, 5.74) is 7.87. The van der Waals surface area contributed by atoms with Gasteiger partial charge < -0.3 is 15.7 Å². The van der Waals surface area contributed by atoms with E-state index in [1.165, 1.54) is 5.56 Å². The first-order chi connectivity index (χ1) is 12.2. The summed E-state index contributed by atoms with van der Waals surface area (Å²) >= 11 is 0. The molecule has 0 unspecified atom stereocenters. The van der Waals surface area contributed by atoms with Crippen LogP contribution < -0.4 is 10.6 Å². The first kappa shape index (κ1) is 17.8. The van der Waals surface area contributed by atoms with E-state index in [0.717, 1.165) is 56.1 Å². The van der Waals surface area contributed by atoms with Gasteiger partial charge in [-0.25, -0.2) is 9.97 Å². The largest absolute Gasteiger partial charge is 0.392 e. The molecule has 1 aliphatic rings. The molecule has 0 spiro atoms. The molecule has 1 atom stereocenters. The molecule has 2 heterocycles. The minimum absolute atomic E-state index is 0.274. The van der Waals surface area contributed by atoms with Crippen molar-refractivity contribution in [1.29, 1.82) is 0 Å². The van der Waals surface area contributed by atoms with Crippen LogP contribution in [0.25, 0.3) is 0 Å². The first-order valence-corrected chi connectivity index (χ1v) is 9.17. The summed E-state index contributed by atoms with van der Waals surface area (Å²) in [5, 5.41) is 10.6. The van der Waals surface area contributed by atoms with Gasteiger partial charge in [-0.05, 0) is 44.2 Å². The van der Waals surface area contributed by atoms with Gasteiger partial charge in [-0.1, -0.05) is 30.3 Å². The Balaban J connectivity index is 1.58. The molecule has 5 nitrogen and oxygen atoms in total. The highest BCUT2D eigenvalue weighted by atomic mass is 16.3. The van der Waals surface area contributed by atoms with Crippen molar-refractivity contribution in [2.24, 2.45) is 11.7 Å². The molecule has 0 bridgehead atoms. The van der Waals surface area contributed by atoms with Crippen LogP contribution in [0.5, 0.6) is 0 Å². The zero-order chi connectivity index (χ0) is 17.6. The van der Waals surface area contributed by atoms with E-state index in [2.05, 4.69) is 33.1 Å². The van der Waals surface area contributed by atoms with Crippen LogP contribution in [0.3, 0.4) is 0 Å². The SMILES string of the molecule is Cc1nc(CCN)cc(N2CCC([C@H](O)Cc3ccccc3)CC2)n1. The van der Waals surface area contributed by atoms with Crippen molar-refractivity contribution in [3.05, 3.63) is 53.5 Å². The molecule has 3 N–H and O–H groups in total. The van der Waals surface area contributed by atoms with E-state index in [4.69, 9.17) is 5.73 Å². The molecule has 25 heavy (non-hydrogen) atoms. The van der Waals surface area contributed by atoms with E-state index in [-0.39, 0.29) is 6.10 Å². The number of rotatable bonds is 6. The number of hydrogen-bond acceptors (Lipinski definition) is 5. The molecule has 0 amide bonds. The second kappa shape index (κ2) is 8.41. The molecule has 0 saturated carbocycles. The molecule has 1 aliphatic heterocycles. The number of aryl methyl sites for hydroxylation is 1. The van der Waals surface area contributed by atoms with Crippen LogP contribution >= 0.6 is 0 Å². The van der Waals surface area contributed by atoms with Gasteiger partial charge in [-0.3, -0.25) is 0 Å². The summed E-state index contributed by atoms with van der Waals surface area (Å²) in [5.74, 6) is 2.14. The van der Waals surface area contributed by atoms with Crippen molar-refractivity contribution in [3.63, 3.8) is 0 Å². The lowest BCUT2D eigenvalue weighted by Gasteiger charge is -2.35. The van der Waals surface area contributed by atoms with E-state index in [1.54, 1.807) is 0 Å². The van der Waals surface area contributed by atoms with Gasteiger partial charge in [0.2, 0.25) is 0 Å². The minimum atomic E-state index is -0.274. The minimum Gasteiger partial charge on any atom is -0.392 e. The van der Waals surface area contributed by atoms with Crippen molar-refractivity contribution >= 4 is 5.82 Å². The fraction of sp³-hybridized carbons (Fsp3) is 0.500. The van der Waals surface area contributed by atoms with Crippen molar-refractivity contribution < 1.29 is 5.11 Å². The van der Waals surface area contributed by atoms with Gasteiger partial charge in [0, 0.05) is 31.3 Å². The van der Waals surface area contributed by atoms with Gasteiger partial charge in [0.1, 0.15) is 11.6 Å². The van der Waals surface area contributed by atoms with E-state index < -0.39 is 0 Å². The summed E-state index contributed by atoms with van der Waals surface area (Å²) in [7, 11) is 0. The van der Waals surface area contributed by atoms with E-state index in [9.17, 15) is 5.11 Å². The van der Waals surface area contributed by atoms with Crippen LogP contribution in [0, 0.1) is 12.8 Å². The molecular formula is C20H28N4O. The highest BCUT2D eigenvalue weighted by molar-refractivity contribution is 5.40. The third-order valence-electron chi connectivity index (χ3n) is 4.97. The lowest BCUT2D eigenvalue weighted by molar-refractivity contribution is 0.0929. The number of aliphatic hydroxyl groups is 1. The third-order valence-corrected chi connectivity index (χ3v) is 4.97. The molecule has 0 aliphatic carbocycles. The number of aromatic nitrogens is 2. The molecular weight excluding hydrogens is 312 g/mol. The smallest absolute Gasteiger partial charge is 0.132 e. The second-order valence-corrected chi connectivity index (χ2v) is 6.88. The summed E-state index contributed by atoms with van der Waals surface area (Å²) in [6, 6.07) is 12.3. The highest BCUT2D eigenvalue weighted by Crippen LogP contribution is 2.26. The average Bonchev–Trinajstić information content (AvgIpc) is 2.62. The number of nitrogens with two attached hydrogens (primary N) is 1. The van der Waals surface area contributed by atoms with Crippen LogP contribution in [0.4, 0.5) is 5.82 Å². The Morgan fingerprint density at radius 1 is 1.20 bits per heavy atom. The average molecular weight is 340 g/mol. The number of nitrogens with zero attached hydrogens (tertiary/aromatic N) is 3. The Kier molecular flexibility index (Phi) is 6.00. The molecule has 0 radical (unpaired) electrons. The summed E-state index contributed by atoms with van der Waals surface area (Å²) < 4.78 is 0. The number of hydrogen-bond donors (Lipinski definition) is 2. The van der Waals surface area contributed by atoms with Crippen LogP contribution in [0.15, 0.2) is 36.4 Å². The van der Waals surface area contributed by atoms with E-state index in [0.29, 0.717) is 12.5 Å². The zero-order valence-electron chi connectivity index (χ0n) is 14.9. The van der Waals surface area contributed by atoms with E-state index in [1.807, 2.05) is 25.1 Å². The maximum absolute atomic E-state index is 10.6. The molecule has 1 fully saturated rings. The quantitative estimate of drug-likeness (QED) is 0.842. The van der Waals surface area contributed by atoms with Crippen molar-refractivity contribution in [2.75, 3.05) is 24.5 Å². The van der Waals surface area contributed by atoms with Crippen LogP contribution in [0.2, 0.25) is 0 Å². The molecule has 1 aromatic carbocycles. The van der Waals surface area contributed by atoms with Crippen molar-refractivity contribution in [2.45, 2.75) is 38.7 Å². The zero-order valence-corrected chi connectivity index (χ0v) is 14.9. The molecule has 1 saturated heterocycles. The van der Waals surface area contributed by atoms with Gasteiger partial charge in [0.05, 0.1) is 6.10 Å². The van der Waals surface area contributed by atoms with Crippen LogP contribution in [-0.4, -0.2) is 40.8 Å². The Morgan fingerprint density at radius 3 is 2.60 bits per heavy atom. The number of benzene rings is 1. The Labute approximate surface area is 149 Å². The predicted molar refractivity (Wildman–Crippen MR) is 101 cm³/mol. The van der Waals surface area contributed by atoms with Crippen molar-refractivity contribution in [3.8, 4) is 0 Å².